The van der Waals surface area contributed by atoms with Gasteiger partial charge in [-0.15, -0.1) is 11.3 Å². The number of hydrogen-bond donors (Lipinski definition) is 1. The quantitative estimate of drug-likeness (QED) is 0.778. The minimum atomic E-state index is -0.353. The first-order valence-electron chi connectivity index (χ1n) is 4.91. The highest BCUT2D eigenvalue weighted by Crippen LogP contribution is 2.19. The molecule has 1 aromatic heterocycles. The molecule has 2 N–H and O–H groups in total. The van der Waals surface area contributed by atoms with E-state index in [4.69, 9.17) is 5.73 Å². The standard InChI is InChI=1S/C11H17NOS/c1-4-7(2)10(12)11(13)9-5-6-14-8(9)3/h5-7,10H,4,12H2,1-3H3. The normalized spacial score (nSPS) is 15.1. The van der Waals surface area contributed by atoms with Gasteiger partial charge >= 0.3 is 0 Å². The molecule has 2 unspecified atom stereocenters. The minimum absolute atomic E-state index is 0.0816. The van der Waals surface area contributed by atoms with E-state index in [-0.39, 0.29) is 17.7 Å². The first-order chi connectivity index (χ1) is 6.57. The Morgan fingerprint density at radius 1 is 1.64 bits per heavy atom. The number of thiophene rings is 1. The highest BCUT2D eigenvalue weighted by molar-refractivity contribution is 7.10. The molecule has 1 heterocycles. The van der Waals surface area contributed by atoms with Gasteiger partial charge in [-0.25, -0.2) is 0 Å². The lowest BCUT2D eigenvalue weighted by molar-refractivity contribution is 0.0935. The Hall–Kier alpha value is -0.670. The Kier molecular flexibility index (Phi) is 3.84. The van der Waals surface area contributed by atoms with Gasteiger partial charge in [-0.1, -0.05) is 20.3 Å². The summed E-state index contributed by atoms with van der Waals surface area (Å²) < 4.78 is 0. The summed E-state index contributed by atoms with van der Waals surface area (Å²) in [6, 6.07) is 1.51. The third kappa shape index (κ3) is 2.22. The van der Waals surface area contributed by atoms with Gasteiger partial charge in [-0.05, 0) is 24.3 Å². The molecule has 2 nitrogen and oxygen atoms in total. The minimum Gasteiger partial charge on any atom is -0.321 e. The van der Waals surface area contributed by atoms with Crippen LogP contribution in [0.3, 0.4) is 0 Å². The average molecular weight is 211 g/mol. The topological polar surface area (TPSA) is 43.1 Å². The van der Waals surface area contributed by atoms with E-state index < -0.39 is 0 Å². The summed E-state index contributed by atoms with van der Waals surface area (Å²) in [5, 5.41) is 1.94. The largest absolute Gasteiger partial charge is 0.321 e. The molecule has 0 bridgehead atoms. The second-order valence-corrected chi connectivity index (χ2v) is 4.79. The molecule has 14 heavy (non-hydrogen) atoms. The molecule has 0 aliphatic carbocycles. The summed E-state index contributed by atoms with van der Waals surface area (Å²) in [6.45, 7) is 6.03. The van der Waals surface area contributed by atoms with E-state index in [1.807, 2.05) is 25.3 Å². The van der Waals surface area contributed by atoms with Crippen molar-refractivity contribution in [3.63, 3.8) is 0 Å². The van der Waals surface area contributed by atoms with Crippen LogP contribution in [-0.4, -0.2) is 11.8 Å². The van der Waals surface area contributed by atoms with Crippen molar-refractivity contribution in [2.45, 2.75) is 33.2 Å². The summed E-state index contributed by atoms with van der Waals surface area (Å²) in [5.74, 6) is 0.333. The number of ketones is 1. The molecule has 78 valence electrons. The van der Waals surface area contributed by atoms with E-state index in [1.165, 1.54) is 0 Å². The number of rotatable bonds is 4. The van der Waals surface area contributed by atoms with Gasteiger partial charge in [0.15, 0.2) is 5.78 Å². The first kappa shape index (κ1) is 11.4. The van der Waals surface area contributed by atoms with Crippen LogP contribution in [0.5, 0.6) is 0 Å². The Morgan fingerprint density at radius 3 is 2.71 bits per heavy atom. The zero-order valence-electron chi connectivity index (χ0n) is 8.91. The van der Waals surface area contributed by atoms with Crippen molar-refractivity contribution in [1.29, 1.82) is 0 Å². The van der Waals surface area contributed by atoms with Gasteiger partial charge in [0.1, 0.15) is 0 Å². The van der Waals surface area contributed by atoms with Gasteiger partial charge in [0.25, 0.3) is 0 Å². The van der Waals surface area contributed by atoms with E-state index in [1.54, 1.807) is 11.3 Å². The first-order valence-corrected chi connectivity index (χ1v) is 5.79. The Morgan fingerprint density at radius 2 is 2.29 bits per heavy atom. The summed E-state index contributed by atoms with van der Waals surface area (Å²) >= 11 is 1.59. The average Bonchev–Trinajstić information content (AvgIpc) is 2.61. The number of aryl methyl sites for hydroxylation is 1. The molecule has 0 saturated carbocycles. The van der Waals surface area contributed by atoms with Gasteiger partial charge in [0, 0.05) is 10.4 Å². The van der Waals surface area contributed by atoms with Crippen molar-refractivity contribution in [2.75, 3.05) is 0 Å². The monoisotopic (exact) mass is 211 g/mol. The molecule has 1 aromatic rings. The van der Waals surface area contributed by atoms with E-state index in [9.17, 15) is 4.79 Å². The lowest BCUT2D eigenvalue weighted by Gasteiger charge is -2.16. The lowest BCUT2D eigenvalue weighted by Crippen LogP contribution is -2.36. The van der Waals surface area contributed by atoms with Crippen molar-refractivity contribution in [3.05, 3.63) is 21.9 Å². The van der Waals surface area contributed by atoms with Crippen LogP contribution >= 0.6 is 11.3 Å². The molecule has 3 heteroatoms. The molecule has 0 aromatic carbocycles. The second kappa shape index (κ2) is 4.71. The number of carbonyl (C=O) groups is 1. The number of nitrogens with two attached hydrogens (primary N) is 1. The molecule has 0 spiro atoms. The third-order valence-corrected chi connectivity index (χ3v) is 3.53. The maximum Gasteiger partial charge on any atom is 0.180 e. The van der Waals surface area contributed by atoms with Gasteiger partial charge in [0.2, 0.25) is 0 Å². The molecule has 1 rings (SSSR count). The van der Waals surface area contributed by atoms with Crippen LogP contribution in [0.2, 0.25) is 0 Å². The van der Waals surface area contributed by atoms with Crippen molar-refractivity contribution in [2.24, 2.45) is 11.7 Å². The van der Waals surface area contributed by atoms with Crippen LogP contribution in [0, 0.1) is 12.8 Å². The summed E-state index contributed by atoms with van der Waals surface area (Å²) in [5.41, 5.74) is 6.68. The number of carbonyl (C=O) groups excluding carboxylic acids is 1. The van der Waals surface area contributed by atoms with Gasteiger partial charge in [-0.2, -0.15) is 0 Å². The van der Waals surface area contributed by atoms with Crippen molar-refractivity contribution >= 4 is 17.1 Å². The molecule has 0 amide bonds. The highest BCUT2D eigenvalue weighted by Gasteiger charge is 2.22. The predicted octanol–water partition coefficient (Wildman–Crippen LogP) is 2.61. The zero-order chi connectivity index (χ0) is 10.7. The maximum atomic E-state index is 11.9. The molecule has 2 atom stereocenters. The van der Waals surface area contributed by atoms with E-state index in [0.29, 0.717) is 0 Å². The smallest absolute Gasteiger partial charge is 0.180 e. The molecular weight excluding hydrogens is 194 g/mol. The van der Waals surface area contributed by atoms with Crippen LogP contribution in [0.1, 0.15) is 35.5 Å². The van der Waals surface area contributed by atoms with Crippen LogP contribution < -0.4 is 5.73 Å². The van der Waals surface area contributed by atoms with E-state index >= 15 is 0 Å². The van der Waals surface area contributed by atoms with Crippen LogP contribution in [0.25, 0.3) is 0 Å². The molecule has 0 radical (unpaired) electrons. The Balaban J connectivity index is 2.81. The van der Waals surface area contributed by atoms with Crippen molar-refractivity contribution in [1.82, 2.24) is 0 Å². The third-order valence-electron chi connectivity index (χ3n) is 2.68. The van der Waals surface area contributed by atoms with E-state index in [0.717, 1.165) is 16.9 Å². The zero-order valence-corrected chi connectivity index (χ0v) is 9.73. The molecule has 0 aliphatic heterocycles. The number of hydrogen-bond acceptors (Lipinski definition) is 3. The second-order valence-electron chi connectivity index (χ2n) is 3.67. The fourth-order valence-electron chi connectivity index (χ4n) is 1.33. The lowest BCUT2D eigenvalue weighted by atomic mass is 9.93. The molecular formula is C11H17NOS. The van der Waals surface area contributed by atoms with Crippen LogP contribution in [-0.2, 0) is 0 Å². The molecule has 0 fully saturated rings. The molecule has 0 saturated heterocycles. The van der Waals surface area contributed by atoms with Crippen molar-refractivity contribution in [3.8, 4) is 0 Å². The van der Waals surface area contributed by atoms with Gasteiger partial charge in [-0.3, -0.25) is 4.79 Å². The summed E-state index contributed by atoms with van der Waals surface area (Å²) in [7, 11) is 0. The van der Waals surface area contributed by atoms with E-state index in [2.05, 4.69) is 6.92 Å². The Bertz CT molecular complexity index is 319. The summed E-state index contributed by atoms with van der Waals surface area (Å²) in [4.78, 5) is 13.0. The van der Waals surface area contributed by atoms with Crippen molar-refractivity contribution < 1.29 is 4.79 Å². The maximum absolute atomic E-state index is 11.9. The number of Topliss-reactive ketones (excluding diaryl/α,β-unsaturated/α-hetero) is 1. The predicted molar refractivity (Wildman–Crippen MR) is 60.8 cm³/mol. The molecule has 0 aliphatic rings. The van der Waals surface area contributed by atoms with Gasteiger partial charge in [0.05, 0.1) is 6.04 Å². The fourth-order valence-corrected chi connectivity index (χ4v) is 2.04. The SMILES string of the molecule is CCC(C)C(N)C(=O)c1ccsc1C. The Labute approximate surface area is 89.1 Å². The summed E-state index contributed by atoms with van der Waals surface area (Å²) in [6.07, 6.45) is 0.941. The highest BCUT2D eigenvalue weighted by atomic mass is 32.1. The van der Waals surface area contributed by atoms with Gasteiger partial charge < -0.3 is 5.73 Å². The fraction of sp³-hybridized carbons (Fsp3) is 0.545. The van der Waals surface area contributed by atoms with Crippen LogP contribution in [0.15, 0.2) is 11.4 Å². The van der Waals surface area contributed by atoms with Crippen LogP contribution in [0.4, 0.5) is 0 Å².